The van der Waals surface area contributed by atoms with Gasteiger partial charge in [0.1, 0.15) is 11.4 Å². The molecule has 4 nitrogen and oxygen atoms in total. The minimum absolute atomic E-state index is 0.0925. The molecule has 0 amide bonds. The maximum atomic E-state index is 12.5. The number of ketones is 1. The van der Waals surface area contributed by atoms with E-state index in [4.69, 9.17) is 9.47 Å². The molecule has 2 aliphatic heterocycles. The van der Waals surface area contributed by atoms with E-state index in [2.05, 4.69) is 52.8 Å². The predicted molar refractivity (Wildman–Crippen MR) is 104 cm³/mol. The Bertz CT molecular complexity index is 758. The normalized spacial score (nSPS) is 46.6. The van der Waals surface area contributed by atoms with Crippen LogP contribution in [0.3, 0.4) is 0 Å². The van der Waals surface area contributed by atoms with Gasteiger partial charge in [-0.25, -0.2) is 0 Å². The summed E-state index contributed by atoms with van der Waals surface area (Å²) in [5.41, 5.74) is 0.709. The highest BCUT2D eigenvalue weighted by Crippen LogP contribution is 2.60. The number of carbonyl (C=O) groups is 1. The number of aliphatic hydroxyl groups excluding tert-OH is 1. The number of aliphatic hydroxyl groups is 1. The molecule has 0 radical (unpaired) electrons. The van der Waals surface area contributed by atoms with Crippen LogP contribution in [0.5, 0.6) is 0 Å². The van der Waals surface area contributed by atoms with Gasteiger partial charge in [0, 0.05) is 11.8 Å². The molecule has 2 heterocycles. The molecule has 4 aliphatic rings. The average molecular weight is 373 g/mol. The molecule has 0 bridgehead atoms. The molecule has 27 heavy (non-hydrogen) atoms. The highest BCUT2D eigenvalue weighted by Gasteiger charge is 2.66. The van der Waals surface area contributed by atoms with Gasteiger partial charge in [-0.1, -0.05) is 44.6 Å². The minimum Gasteiger partial charge on any atom is -0.502 e. The van der Waals surface area contributed by atoms with E-state index < -0.39 is 5.60 Å². The number of ether oxygens (including phenoxy) is 2. The number of rotatable bonds is 0. The number of hydrogen-bond donors (Lipinski definition) is 1. The van der Waals surface area contributed by atoms with Crippen LogP contribution < -0.4 is 0 Å². The number of fused-ring (bicyclic) bond motifs is 2. The Morgan fingerprint density at radius 3 is 2.67 bits per heavy atom. The lowest BCUT2D eigenvalue weighted by atomic mass is 9.60. The Hall–Kier alpha value is -1.55. The van der Waals surface area contributed by atoms with Crippen LogP contribution in [0.1, 0.15) is 60.3 Å². The SMILES string of the molecule is C/C1=C\CC(C)(C)/C=C/CC2(C)OC3=C(O)C(=O)[C@H]4CO[C@H]([C@@H]34)[C@]2(C)CC1. The van der Waals surface area contributed by atoms with Gasteiger partial charge in [-0.15, -0.1) is 0 Å². The van der Waals surface area contributed by atoms with Crippen LogP contribution in [0.2, 0.25) is 0 Å². The van der Waals surface area contributed by atoms with Gasteiger partial charge in [0.15, 0.2) is 5.76 Å². The monoisotopic (exact) mass is 372 g/mol. The molecule has 0 aromatic carbocycles. The quantitative estimate of drug-likeness (QED) is 0.617. The summed E-state index contributed by atoms with van der Waals surface area (Å²) in [7, 11) is 0. The van der Waals surface area contributed by atoms with Crippen LogP contribution in [-0.2, 0) is 14.3 Å². The topological polar surface area (TPSA) is 55.8 Å². The van der Waals surface area contributed by atoms with E-state index >= 15 is 0 Å². The second kappa shape index (κ2) is 5.97. The Balaban J connectivity index is 1.79. The van der Waals surface area contributed by atoms with Gasteiger partial charge in [-0.3, -0.25) is 4.79 Å². The third-order valence-corrected chi connectivity index (χ3v) is 7.58. The van der Waals surface area contributed by atoms with Crippen molar-refractivity contribution in [2.24, 2.45) is 22.7 Å². The van der Waals surface area contributed by atoms with Gasteiger partial charge in [-0.05, 0) is 38.5 Å². The first-order valence-corrected chi connectivity index (χ1v) is 10.2. The Morgan fingerprint density at radius 1 is 1.19 bits per heavy atom. The van der Waals surface area contributed by atoms with E-state index in [1.807, 2.05) is 0 Å². The third-order valence-electron chi connectivity index (χ3n) is 7.58. The van der Waals surface area contributed by atoms with Gasteiger partial charge in [-0.2, -0.15) is 0 Å². The molecule has 1 N–H and O–H groups in total. The lowest BCUT2D eigenvalue weighted by Crippen LogP contribution is -2.59. The summed E-state index contributed by atoms with van der Waals surface area (Å²) in [4.78, 5) is 12.5. The molecule has 4 rings (SSSR count). The molecule has 2 saturated heterocycles. The molecule has 1 unspecified atom stereocenters. The van der Waals surface area contributed by atoms with Crippen LogP contribution in [0, 0.1) is 22.7 Å². The highest BCUT2D eigenvalue weighted by molar-refractivity contribution is 5.99. The zero-order chi connectivity index (χ0) is 19.6. The van der Waals surface area contributed by atoms with Crippen molar-refractivity contribution in [3.8, 4) is 0 Å². The summed E-state index contributed by atoms with van der Waals surface area (Å²) in [6, 6.07) is 0. The molecule has 148 valence electrons. The summed E-state index contributed by atoms with van der Waals surface area (Å²) in [5, 5.41) is 10.4. The summed E-state index contributed by atoms with van der Waals surface area (Å²) < 4.78 is 12.7. The van der Waals surface area contributed by atoms with Crippen molar-refractivity contribution in [3.05, 3.63) is 35.3 Å². The van der Waals surface area contributed by atoms with E-state index in [1.165, 1.54) is 5.57 Å². The number of hydrogen-bond acceptors (Lipinski definition) is 4. The van der Waals surface area contributed by atoms with Crippen molar-refractivity contribution >= 4 is 5.78 Å². The number of Topliss-reactive ketones (excluding diaryl/α,β-unsaturated/α-hetero) is 1. The fourth-order valence-electron chi connectivity index (χ4n) is 5.34. The van der Waals surface area contributed by atoms with Crippen LogP contribution in [0.4, 0.5) is 0 Å². The second-order valence-corrected chi connectivity index (χ2v) is 10.1. The first kappa shape index (κ1) is 18.8. The molecular weight excluding hydrogens is 340 g/mol. The van der Waals surface area contributed by atoms with Crippen molar-refractivity contribution in [1.29, 1.82) is 0 Å². The average Bonchev–Trinajstić information content (AvgIpc) is 3.13. The number of carbonyl (C=O) groups excluding carboxylic acids is 1. The maximum Gasteiger partial charge on any atom is 0.206 e. The van der Waals surface area contributed by atoms with Gasteiger partial charge in [0.25, 0.3) is 0 Å². The predicted octanol–water partition coefficient (Wildman–Crippen LogP) is 4.87. The molecule has 2 fully saturated rings. The van der Waals surface area contributed by atoms with E-state index in [0.29, 0.717) is 12.4 Å². The summed E-state index contributed by atoms with van der Waals surface area (Å²) in [5.74, 6) is -0.322. The van der Waals surface area contributed by atoms with Crippen molar-refractivity contribution < 1.29 is 19.4 Å². The minimum atomic E-state index is -0.534. The summed E-state index contributed by atoms with van der Waals surface area (Å²) >= 11 is 0. The Kier molecular flexibility index (Phi) is 4.16. The molecule has 0 saturated carbocycles. The van der Waals surface area contributed by atoms with Crippen molar-refractivity contribution in [1.82, 2.24) is 0 Å². The van der Waals surface area contributed by atoms with E-state index in [-0.39, 0.29) is 40.3 Å². The smallest absolute Gasteiger partial charge is 0.206 e. The van der Waals surface area contributed by atoms with E-state index in [9.17, 15) is 9.90 Å². The Morgan fingerprint density at radius 2 is 1.93 bits per heavy atom. The zero-order valence-corrected chi connectivity index (χ0v) is 17.2. The zero-order valence-electron chi connectivity index (χ0n) is 17.2. The standard InChI is InChI=1S/C23H32O4/c1-14-7-11-21(2,3)9-6-10-23(5)22(4,12-8-14)20-16-15(13-26-20)17(24)18(25)19(16)27-23/h6-7,9,15-16,20,25H,8,10-13H2,1-5H3/b9-6+,14-7+/t15-,16+,20+,22-,23?/m0/s1. The van der Waals surface area contributed by atoms with E-state index in [1.54, 1.807) is 0 Å². The first-order valence-electron chi connectivity index (χ1n) is 10.2. The number of allylic oxidation sites excluding steroid dienone is 4. The molecule has 0 aromatic rings. The lowest BCUT2D eigenvalue weighted by molar-refractivity contribution is -0.192. The fourth-order valence-corrected chi connectivity index (χ4v) is 5.34. The third kappa shape index (κ3) is 2.71. The summed E-state index contributed by atoms with van der Waals surface area (Å²) in [6.45, 7) is 11.5. The van der Waals surface area contributed by atoms with Gasteiger partial charge in [0.05, 0.1) is 24.5 Å². The largest absolute Gasteiger partial charge is 0.502 e. The molecule has 0 aromatic heterocycles. The molecule has 0 spiro atoms. The summed E-state index contributed by atoms with van der Waals surface area (Å²) in [6.07, 6.45) is 10.4. The van der Waals surface area contributed by atoms with Crippen molar-refractivity contribution in [2.75, 3.05) is 6.61 Å². The van der Waals surface area contributed by atoms with E-state index in [0.717, 1.165) is 25.7 Å². The fraction of sp³-hybridized carbons (Fsp3) is 0.696. The highest BCUT2D eigenvalue weighted by atomic mass is 16.5. The van der Waals surface area contributed by atoms with Crippen LogP contribution in [-0.4, -0.2) is 29.2 Å². The molecule has 2 aliphatic carbocycles. The van der Waals surface area contributed by atoms with Crippen LogP contribution in [0.15, 0.2) is 35.3 Å². The maximum absolute atomic E-state index is 12.5. The van der Waals surface area contributed by atoms with Gasteiger partial charge < -0.3 is 14.6 Å². The molecular formula is C23H32O4. The van der Waals surface area contributed by atoms with Crippen molar-refractivity contribution in [3.63, 3.8) is 0 Å². The van der Waals surface area contributed by atoms with Gasteiger partial charge >= 0.3 is 0 Å². The van der Waals surface area contributed by atoms with Crippen LogP contribution in [0.25, 0.3) is 0 Å². The lowest BCUT2D eigenvalue weighted by Gasteiger charge is -2.55. The second-order valence-electron chi connectivity index (χ2n) is 10.1. The molecule has 4 heteroatoms. The molecule has 5 atom stereocenters. The Labute approximate surface area is 162 Å². The van der Waals surface area contributed by atoms with Crippen molar-refractivity contribution in [2.45, 2.75) is 72.0 Å². The first-order chi connectivity index (χ1) is 12.6. The van der Waals surface area contributed by atoms with Gasteiger partial charge in [0.2, 0.25) is 5.78 Å². The van der Waals surface area contributed by atoms with Crippen LogP contribution >= 0.6 is 0 Å².